The fourth-order valence-electron chi connectivity index (χ4n) is 2.14. The molecule has 0 fully saturated rings. The van der Waals surface area contributed by atoms with Crippen LogP contribution in [-0.2, 0) is 21.2 Å². The maximum Gasteiger partial charge on any atom is 0.337 e. The Morgan fingerprint density at radius 3 is 2.18 bits per heavy atom. The molecule has 2 aromatic rings. The smallest absolute Gasteiger partial charge is 0.307 e. The molecule has 2 rings (SSSR count). The van der Waals surface area contributed by atoms with Crippen molar-refractivity contribution < 1.29 is 18.0 Å². The van der Waals surface area contributed by atoms with Crippen LogP contribution in [0.1, 0.15) is 12.0 Å². The van der Waals surface area contributed by atoms with Crippen LogP contribution in [-0.4, -0.2) is 26.6 Å². The van der Waals surface area contributed by atoms with Crippen molar-refractivity contribution in [1.82, 2.24) is 10.9 Å². The normalized spacial score (nSPS) is 10.8. The van der Waals surface area contributed by atoms with Crippen LogP contribution in [0, 0.1) is 0 Å². The fraction of sp³-hybridized carbons (Fsp3) is 0.176. The summed E-state index contributed by atoms with van der Waals surface area (Å²) in [6, 6.07) is 10.6. The van der Waals surface area contributed by atoms with Gasteiger partial charge in [-0.05, 0) is 42.3 Å². The molecule has 0 radical (unpaired) electrons. The number of hydrogen-bond acceptors (Lipinski definition) is 4. The molecule has 28 heavy (non-hydrogen) atoms. The number of sulfonamides is 1. The van der Waals surface area contributed by atoms with Gasteiger partial charge in [-0.2, -0.15) is 0 Å². The molecule has 3 amide bonds. The van der Waals surface area contributed by atoms with Crippen LogP contribution in [0.4, 0.5) is 16.2 Å². The second kappa shape index (κ2) is 9.63. The molecule has 0 bridgehead atoms. The third-order valence-corrected chi connectivity index (χ3v) is 4.74. The summed E-state index contributed by atoms with van der Waals surface area (Å²) in [7, 11) is -3.33. The van der Waals surface area contributed by atoms with Crippen LogP contribution in [0.25, 0.3) is 0 Å². The van der Waals surface area contributed by atoms with Crippen molar-refractivity contribution in [2.75, 3.05) is 16.3 Å². The molecule has 0 spiro atoms. The van der Waals surface area contributed by atoms with E-state index in [4.69, 9.17) is 23.2 Å². The van der Waals surface area contributed by atoms with E-state index in [0.29, 0.717) is 27.8 Å². The minimum absolute atomic E-state index is 0.131. The van der Waals surface area contributed by atoms with Gasteiger partial charge in [-0.25, -0.2) is 18.6 Å². The van der Waals surface area contributed by atoms with Crippen molar-refractivity contribution >= 4 is 56.5 Å². The molecular weight excluding hydrogens is 427 g/mol. The molecule has 0 atom stereocenters. The minimum atomic E-state index is -3.33. The molecule has 2 aromatic carbocycles. The molecule has 0 aliphatic rings. The summed E-state index contributed by atoms with van der Waals surface area (Å²) < 4.78 is 24.7. The van der Waals surface area contributed by atoms with Gasteiger partial charge in [0.05, 0.1) is 16.3 Å². The van der Waals surface area contributed by atoms with E-state index in [1.54, 1.807) is 30.3 Å². The van der Waals surface area contributed by atoms with Gasteiger partial charge in [0.1, 0.15) is 0 Å². The van der Waals surface area contributed by atoms with Crippen LogP contribution in [0.2, 0.25) is 10.0 Å². The summed E-state index contributed by atoms with van der Waals surface area (Å²) in [5.74, 6) is -0.386. The first-order chi connectivity index (χ1) is 13.1. The van der Waals surface area contributed by atoms with Gasteiger partial charge in [-0.1, -0.05) is 35.3 Å². The second-order valence-electron chi connectivity index (χ2n) is 5.83. The van der Waals surface area contributed by atoms with Gasteiger partial charge in [0.2, 0.25) is 15.9 Å². The summed E-state index contributed by atoms with van der Waals surface area (Å²) >= 11 is 11.7. The number of benzene rings is 2. The topological polar surface area (TPSA) is 116 Å². The molecule has 150 valence electrons. The Morgan fingerprint density at radius 2 is 1.57 bits per heavy atom. The summed E-state index contributed by atoms with van der Waals surface area (Å²) in [4.78, 5) is 23.6. The zero-order chi connectivity index (χ0) is 20.7. The monoisotopic (exact) mass is 444 g/mol. The molecule has 0 aliphatic heterocycles. The Bertz CT molecular complexity index is 966. The molecule has 0 saturated heterocycles. The number of rotatable bonds is 6. The number of anilines is 2. The number of urea groups is 1. The Balaban J connectivity index is 1.74. The highest BCUT2D eigenvalue weighted by molar-refractivity contribution is 7.92. The largest absolute Gasteiger partial charge is 0.337 e. The minimum Gasteiger partial charge on any atom is -0.307 e. The number of carbonyl (C=O) groups is 2. The molecular formula is C17H18Cl2N4O4S. The zero-order valence-electron chi connectivity index (χ0n) is 14.8. The van der Waals surface area contributed by atoms with Gasteiger partial charge >= 0.3 is 6.03 Å². The summed E-state index contributed by atoms with van der Waals surface area (Å²) in [6.07, 6.45) is 1.61. The second-order valence-corrected chi connectivity index (χ2v) is 8.39. The van der Waals surface area contributed by atoms with E-state index in [1.807, 2.05) is 0 Å². The van der Waals surface area contributed by atoms with E-state index in [0.717, 1.165) is 11.8 Å². The van der Waals surface area contributed by atoms with Crippen molar-refractivity contribution in [2.24, 2.45) is 0 Å². The third kappa shape index (κ3) is 7.63. The highest BCUT2D eigenvalue weighted by Gasteiger charge is 2.07. The quantitative estimate of drug-likeness (QED) is 0.511. The highest BCUT2D eigenvalue weighted by atomic mass is 35.5. The van der Waals surface area contributed by atoms with E-state index in [-0.39, 0.29) is 12.3 Å². The molecule has 0 heterocycles. The zero-order valence-corrected chi connectivity index (χ0v) is 17.1. The number of aryl methyl sites for hydroxylation is 1. The van der Waals surface area contributed by atoms with Crippen LogP contribution < -0.4 is 20.9 Å². The lowest BCUT2D eigenvalue weighted by Crippen LogP contribution is -2.44. The van der Waals surface area contributed by atoms with Crippen LogP contribution in [0.3, 0.4) is 0 Å². The van der Waals surface area contributed by atoms with Gasteiger partial charge in [-0.15, -0.1) is 0 Å². The van der Waals surface area contributed by atoms with E-state index < -0.39 is 16.1 Å². The summed E-state index contributed by atoms with van der Waals surface area (Å²) in [6.45, 7) is 0. The molecule has 11 heteroatoms. The molecule has 0 saturated carbocycles. The lowest BCUT2D eigenvalue weighted by molar-refractivity contribution is -0.121. The van der Waals surface area contributed by atoms with E-state index in [2.05, 4.69) is 20.9 Å². The number of nitrogens with one attached hydrogen (secondary N) is 4. The maximum atomic E-state index is 11.8. The molecule has 0 unspecified atom stereocenters. The number of carbonyl (C=O) groups excluding carboxylic acids is 2. The van der Waals surface area contributed by atoms with Crippen molar-refractivity contribution in [1.29, 1.82) is 0 Å². The summed E-state index contributed by atoms with van der Waals surface area (Å²) in [5, 5.41) is 3.15. The predicted octanol–water partition coefficient (Wildman–Crippen LogP) is 3.15. The average molecular weight is 445 g/mol. The van der Waals surface area contributed by atoms with Crippen LogP contribution >= 0.6 is 23.2 Å². The van der Waals surface area contributed by atoms with Gasteiger partial charge < -0.3 is 5.32 Å². The third-order valence-electron chi connectivity index (χ3n) is 3.39. The maximum absolute atomic E-state index is 11.8. The first-order valence-electron chi connectivity index (χ1n) is 8.00. The summed E-state index contributed by atoms with van der Waals surface area (Å²) in [5.41, 5.74) is 6.23. The Kier molecular flexibility index (Phi) is 7.50. The predicted molar refractivity (Wildman–Crippen MR) is 110 cm³/mol. The van der Waals surface area contributed by atoms with E-state index in [9.17, 15) is 18.0 Å². The van der Waals surface area contributed by atoms with E-state index >= 15 is 0 Å². The van der Waals surface area contributed by atoms with Crippen molar-refractivity contribution in [2.45, 2.75) is 12.8 Å². The number of hydrazine groups is 1. The van der Waals surface area contributed by atoms with Crippen LogP contribution in [0.15, 0.2) is 42.5 Å². The molecule has 8 nitrogen and oxygen atoms in total. The van der Waals surface area contributed by atoms with Crippen LogP contribution in [0.5, 0.6) is 0 Å². The lowest BCUT2D eigenvalue weighted by Gasteiger charge is -2.10. The lowest BCUT2D eigenvalue weighted by atomic mass is 10.1. The molecule has 0 aromatic heterocycles. The van der Waals surface area contributed by atoms with Crippen molar-refractivity contribution in [3.63, 3.8) is 0 Å². The van der Waals surface area contributed by atoms with Gasteiger partial charge in [0.25, 0.3) is 0 Å². The average Bonchev–Trinajstić information content (AvgIpc) is 2.61. The van der Waals surface area contributed by atoms with Crippen molar-refractivity contribution in [3.8, 4) is 0 Å². The molecule has 4 N–H and O–H groups in total. The van der Waals surface area contributed by atoms with Gasteiger partial charge in [0.15, 0.2) is 0 Å². The van der Waals surface area contributed by atoms with E-state index in [1.165, 1.54) is 12.1 Å². The first-order valence-corrected chi connectivity index (χ1v) is 10.6. The number of amides is 3. The fourth-order valence-corrected chi connectivity index (χ4v) is 3.00. The van der Waals surface area contributed by atoms with Gasteiger partial charge in [0, 0.05) is 17.8 Å². The standard InChI is InChI=1S/C17H18Cl2N4O4S/c1-28(26,27)23-12-5-2-11(3-6-12)4-9-16(24)21-22-17(25)20-13-7-8-14(18)15(19)10-13/h2-3,5-8,10,23H,4,9H2,1H3,(H,21,24)(H2,20,22,25). The van der Waals surface area contributed by atoms with Gasteiger partial charge in [-0.3, -0.25) is 14.9 Å². The first kappa shape index (κ1) is 21.8. The number of hydrogen-bond donors (Lipinski definition) is 4. The molecule has 0 aliphatic carbocycles. The Hall–Kier alpha value is -2.49. The Morgan fingerprint density at radius 1 is 0.929 bits per heavy atom. The SMILES string of the molecule is CS(=O)(=O)Nc1ccc(CCC(=O)NNC(=O)Nc2ccc(Cl)c(Cl)c2)cc1. The van der Waals surface area contributed by atoms with Crippen molar-refractivity contribution in [3.05, 3.63) is 58.1 Å². The number of halogens is 2. The Labute approximate surface area is 172 Å². The highest BCUT2D eigenvalue weighted by Crippen LogP contribution is 2.24.